The van der Waals surface area contributed by atoms with Crippen molar-refractivity contribution in [1.29, 1.82) is 0 Å². The number of aromatic nitrogens is 1. The van der Waals surface area contributed by atoms with Crippen molar-refractivity contribution in [2.75, 3.05) is 29.5 Å². The number of rotatable bonds is 6. The maximum Gasteiger partial charge on any atom is 0.153 e. The summed E-state index contributed by atoms with van der Waals surface area (Å²) in [6, 6.07) is 20.4. The van der Waals surface area contributed by atoms with Gasteiger partial charge >= 0.3 is 0 Å². The Morgan fingerprint density at radius 2 is 1.76 bits per heavy atom. The first-order valence-electron chi connectivity index (χ1n) is 11.1. The Balaban J connectivity index is 1.65. The summed E-state index contributed by atoms with van der Waals surface area (Å²) in [5, 5.41) is 13.5. The predicted molar refractivity (Wildman–Crippen MR) is 132 cm³/mol. The molecular formula is C26H29N3O3S. The molecule has 0 saturated carbocycles. The van der Waals surface area contributed by atoms with Gasteiger partial charge in [-0.05, 0) is 54.8 Å². The zero-order valence-electron chi connectivity index (χ0n) is 19.0. The highest BCUT2D eigenvalue weighted by molar-refractivity contribution is 7.91. The van der Waals surface area contributed by atoms with Crippen molar-refractivity contribution >= 4 is 21.2 Å². The van der Waals surface area contributed by atoms with Crippen LogP contribution in [-0.2, 0) is 9.84 Å². The van der Waals surface area contributed by atoms with Crippen LogP contribution in [0.2, 0.25) is 0 Å². The van der Waals surface area contributed by atoms with Crippen LogP contribution in [-0.4, -0.2) is 48.9 Å². The maximum absolute atomic E-state index is 11.8. The van der Waals surface area contributed by atoms with Gasteiger partial charge in [0.2, 0.25) is 0 Å². The smallest absolute Gasteiger partial charge is 0.153 e. The molecule has 6 nitrogen and oxygen atoms in total. The standard InChI is InChI=1S/C26H29N3O3S/c1-19-5-3-4-6-24(19)25(18-26(28-30)22-11-12-27-20(2)17-22)21-7-9-23(10-8-21)29-13-15-33(31,32)16-14-29/h3-12,17,25,30H,13-16,18H2,1-2H3/b28-26+/t25-/m1/s1. The molecule has 0 bridgehead atoms. The third-order valence-corrected chi connectivity index (χ3v) is 7.93. The number of oxime groups is 1. The Bertz CT molecular complexity index is 1240. The number of hydrogen-bond acceptors (Lipinski definition) is 6. The summed E-state index contributed by atoms with van der Waals surface area (Å²) >= 11 is 0. The Labute approximate surface area is 195 Å². The Morgan fingerprint density at radius 3 is 2.39 bits per heavy atom. The van der Waals surface area contributed by atoms with E-state index in [-0.39, 0.29) is 17.4 Å². The fourth-order valence-electron chi connectivity index (χ4n) is 4.41. The third-order valence-electron chi connectivity index (χ3n) is 6.32. The minimum absolute atomic E-state index is 0.00125. The molecular weight excluding hydrogens is 434 g/mol. The van der Waals surface area contributed by atoms with Gasteiger partial charge in [-0.1, -0.05) is 41.6 Å². The molecule has 1 atom stereocenters. The van der Waals surface area contributed by atoms with E-state index in [0.29, 0.717) is 25.2 Å². The molecule has 1 fully saturated rings. The van der Waals surface area contributed by atoms with Crippen LogP contribution in [0.4, 0.5) is 5.69 Å². The highest BCUT2D eigenvalue weighted by Crippen LogP contribution is 2.33. The lowest BCUT2D eigenvalue weighted by atomic mass is 9.83. The van der Waals surface area contributed by atoms with Gasteiger partial charge in [0.15, 0.2) is 9.84 Å². The minimum Gasteiger partial charge on any atom is -0.411 e. The van der Waals surface area contributed by atoms with Gasteiger partial charge in [0, 0.05) is 48.6 Å². The molecule has 4 rings (SSSR count). The van der Waals surface area contributed by atoms with E-state index in [1.165, 1.54) is 11.1 Å². The molecule has 0 aliphatic carbocycles. The topological polar surface area (TPSA) is 82.9 Å². The fraction of sp³-hybridized carbons (Fsp3) is 0.308. The van der Waals surface area contributed by atoms with Crippen molar-refractivity contribution in [3.63, 3.8) is 0 Å². The average Bonchev–Trinajstić information content (AvgIpc) is 2.81. The number of benzene rings is 2. The van der Waals surface area contributed by atoms with Crippen molar-refractivity contribution in [1.82, 2.24) is 4.98 Å². The van der Waals surface area contributed by atoms with E-state index in [0.717, 1.165) is 22.5 Å². The van der Waals surface area contributed by atoms with E-state index in [1.807, 2.05) is 31.2 Å². The highest BCUT2D eigenvalue weighted by atomic mass is 32.2. The molecule has 0 unspecified atom stereocenters. The SMILES string of the molecule is Cc1cc(/C(C[C@H](c2ccc(N3CCS(=O)(=O)CC3)cc2)c2ccccc2C)=N/O)ccn1. The van der Waals surface area contributed by atoms with E-state index in [2.05, 4.69) is 58.4 Å². The second-order valence-corrected chi connectivity index (χ2v) is 10.9. The second-order valence-electron chi connectivity index (χ2n) is 8.58. The van der Waals surface area contributed by atoms with Gasteiger partial charge in [0.25, 0.3) is 0 Å². The van der Waals surface area contributed by atoms with Gasteiger partial charge in [-0.15, -0.1) is 0 Å². The summed E-state index contributed by atoms with van der Waals surface area (Å²) in [7, 11) is -2.91. The summed E-state index contributed by atoms with van der Waals surface area (Å²) in [5.41, 5.74) is 6.84. The predicted octanol–water partition coefficient (Wildman–Crippen LogP) is 4.33. The third kappa shape index (κ3) is 5.42. The summed E-state index contributed by atoms with van der Waals surface area (Å²) in [5.74, 6) is 0.395. The largest absolute Gasteiger partial charge is 0.411 e. The molecule has 0 spiro atoms. The molecule has 1 N–H and O–H groups in total. The molecule has 33 heavy (non-hydrogen) atoms. The van der Waals surface area contributed by atoms with E-state index in [1.54, 1.807) is 6.20 Å². The van der Waals surface area contributed by atoms with Crippen LogP contribution in [0.3, 0.4) is 0 Å². The summed E-state index contributed by atoms with van der Waals surface area (Å²) < 4.78 is 23.5. The number of sulfone groups is 1. The highest BCUT2D eigenvalue weighted by Gasteiger charge is 2.23. The van der Waals surface area contributed by atoms with Gasteiger partial charge in [-0.3, -0.25) is 4.98 Å². The molecule has 7 heteroatoms. The number of pyridine rings is 1. The van der Waals surface area contributed by atoms with E-state index < -0.39 is 9.84 Å². The molecule has 3 aromatic rings. The fourth-order valence-corrected chi connectivity index (χ4v) is 5.61. The van der Waals surface area contributed by atoms with Crippen molar-refractivity contribution in [2.24, 2.45) is 5.16 Å². The van der Waals surface area contributed by atoms with E-state index >= 15 is 0 Å². The molecule has 2 aromatic carbocycles. The Kier molecular flexibility index (Phi) is 6.79. The molecule has 0 radical (unpaired) electrons. The van der Waals surface area contributed by atoms with Gasteiger partial charge < -0.3 is 10.1 Å². The van der Waals surface area contributed by atoms with Crippen molar-refractivity contribution in [2.45, 2.75) is 26.2 Å². The van der Waals surface area contributed by atoms with Crippen LogP contribution in [0.5, 0.6) is 0 Å². The number of anilines is 1. The Hall–Kier alpha value is -3.19. The van der Waals surface area contributed by atoms with Gasteiger partial charge in [-0.25, -0.2) is 8.42 Å². The maximum atomic E-state index is 11.8. The number of aryl methyl sites for hydroxylation is 2. The number of nitrogens with zero attached hydrogens (tertiary/aromatic N) is 3. The van der Waals surface area contributed by atoms with Crippen LogP contribution >= 0.6 is 0 Å². The van der Waals surface area contributed by atoms with Crippen LogP contribution in [0.25, 0.3) is 0 Å². The molecule has 1 aliphatic rings. The molecule has 2 heterocycles. The number of hydrogen-bond donors (Lipinski definition) is 1. The van der Waals surface area contributed by atoms with Crippen LogP contribution in [0, 0.1) is 13.8 Å². The minimum atomic E-state index is -2.91. The quantitative estimate of drug-likeness (QED) is 0.334. The van der Waals surface area contributed by atoms with Crippen LogP contribution in [0.15, 0.2) is 72.0 Å². The Morgan fingerprint density at radius 1 is 1.06 bits per heavy atom. The molecule has 1 aromatic heterocycles. The van der Waals surface area contributed by atoms with Crippen molar-refractivity contribution < 1.29 is 13.6 Å². The first-order valence-corrected chi connectivity index (χ1v) is 12.9. The zero-order chi connectivity index (χ0) is 23.4. The monoisotopic (exact) mass is 463 g/mol. The average molecular weight is 464 g/mol. The lowest BCUT2D eigenvalue weighted by molar-refractivity contribution is 0.317. The van der Waals surface area contributed by atoms with Crippen LogP contribution < -0.4 is 4.90 Å². The van der Waals surface area contributed by atoms with E-state index in [9.17, 15) is 13.6 Å². The molecule has 172 valence electrons. The van der Waals surface area contributed by atoms with E-state index in [4.69, 9.17) is 0 Å². The molecule has 1 aliphatic heterocycles. The zero-order valence-corrected chi connectivity index (χ0v) is 19.8. The van der Waals surface area contributed by atoms with Gasteiger partial charge in [0.05, 0.1) is 17.2 Å². The molecule has 1 saturated heterocycles. The van der Waals surface area contributed by atoms with Gasteiger partial charge in [0.1, 0.15) is 0 Å². The summed E-state index contributed by atoms with van der Waals surface area (Å²) in [6.07, 6.45) is 2.26. The second kappa shape index (κ2) is 9.75. The first kappa shape index (κ1) is 23.0. The normalized spacial score (nSPS) is 17.0. The lowest BCUT2D eigenvalue weighted by Gasteiger charge is -2.29. The van der Waals surface area contributed by atoms with Crippen molar-refractivity contribution in [3.8, 4) is 0 Å². The molecule has 0 amide bonds. The summed E-state index contributed by atoms with van der Waals surface area (Å²) in [4.78, 5) is 6.37. The van der Waals surface area contributed by atoms with Crippen molar-refractivity contribution in [3.05, 3.63) is 94.8 Å². The first-order chi connectivity index (χ1) is 15.9. The summed E-state index contributed by atoms with van der Waals surface area (Å²) in [6.45, 7) is 5.05. The van der Waals surface area contributed by atoms with Crippen LogP contribution in [0.1, 0.15) is 40.3 Å². The van der Waals surface area contributed by atoms with Gasteiger partial charge in [-0.2, -0.15) is 0 Å². The lowest BCUT2D eigenvalue weighted by Crippen LogP contribution is -2.40.